The number of aryl methyl sites for hydroxylation is 1. The maximum atomic E-state index is 13.2. The van der Waals surface area contributed by atoms with E-state index >= 15 is 0 Å². The Labute approximate surface area is 172 Å². The zero-order valence-electron chi connectivity index (χ0n) is 16.6. The van der Waals surface area contributed by atoms with E-state index < -0.39 is 10.0 Å². The minimum Gasteiger partial charge on any atom is -0.379 e. The quantitative estimate of drug-likeness (QED) is 0.771. The van der Waals surface area contributed by atoms with Crippen LogP contribution in [0.25, 0.3) is 0 Å². The maximum absolute atomic E-state index is 13.2. The number of fused-ring (bicyclic) bond motifs is 1. The van der Waals surface area contributed by atoms with E-state index in [1.807, 2.05) is 25.1 Å². The second-order valence-corrected chi connectivity index (χ2v) is 9.34. The molecule has 2 heterocycles. The van der Waals surface area contributed by atoms with Crippen LogP contribution in [0, 0.1) is 0 Å². The molecule has 1 amide bonds. The summed E-state index contributed by atoms with van der Waals surface area (Å²) in [5.41, 5.74) is 3.58. The van der Waals surface area contributed by atoms with Crippen LogP contribution in [0.15, 0.2) is 47.4 Å². The number of rotatable bonds is 4. The smallest absolute Gasteiger partial charge is 0.254 e. The molecule has 1 saturated heterocycles. The third-order valence-electron chi connectivity index (χ3n) is 5.70. The molecule has 29 heavy (non-hydrogen) atoms. The van der Waals surface area contributed by atoms with Gasteiger partial charge in [0.1, 0.15) is 0 Å². The number of hydrogen-bond acceptors (Lipinski definition) is 4. The Morgan fingerprint density at radius 1 is 1.03 bits per heavy atom. The van der Waals surface area contributed by atoms with E-state index in [-0.39, 0.29) is 10.8 Å². The Balaban J connectivity index is 1.64. The van der Waals surface area contributed by atoms with Crippen molar-refractivity contribution in [3.8, 4) is 0 Å². The third-order valence-corrected chi connectivity index (χ3v) is 7.68. The molecule has 0 spiro atoms. The number of carbonyl (C=O) groups is 1. The highest BCUT2D eigenvalue weighted by atomic mass is 32.2. The second-order valence-electron chi connectivity index (χ2n) is 7.44. The van der Waals surface area contributed by atoms with Gasteiger partial charge in [-0.1, -0.05) is 37.3 Å². The SMILES string of the molecule is CCc1ccc(C(=O)N2CCc3ccccc3C2)cc1S(=O)(=O)N1CCOCC1. The van der Waals surface area contributed by atoms with Crippen LogP contribution in [-0.4, -0.2) is 56.4 Å². The van der Waals surface area contributed by atoms with Gasteiger partial charge in [0, 0.05) is 31.7 Å². The van der Waals surface area contributed by atoms with E-state index in [0.717, 1.165) is 17.5 Å². The first kappa shape index (κ1) is 20.1. The van der Waals surface area contributed by atoms with Crippen LogP contribution in [0.4, 0.5) is 0 Å². The summed E-state index contributed by atoms with van der Waals surface area (Å²) in [6.07, 6.45) is 1.40. The average molecular weight is 415 g/mol. The van der Waals surface area contributed by atoms with Crippen molar-refractivity contribution in [2.45, 2.75) is 31.2 Å². The Hall–Kier alpha value is -2.22. The minimum atomic E-state index is -3.66. The summed E-state index contributed by atoms with van der Waals surface area (Å²) < 4.78 is 33.2. The lowest BCUT2D eigenvalue weighted by atomic mass is 9.99. The van der Waals surface area contributed by atoms with Gasteiger partial charge in [0.25, 0.3) is 5.91 Å². The van der Waals surface area contributed by atoms with Gasteiger partial charge < -0.3 is 9.64 Å². The van der Waals surface area contributed by atoms with Crippen molar-refractivity contribution in [3.05, 3.63) is 64.7 Å². The molecule has 2 aliphatic heterocycles. The molecular weight excluding hydrogens is 388 g/mol. The van der Waals surface area contributed by atoms with Crippen molar-refractivity contribution in [3.63, 3.8) is 0 Å². The van der Waals surface area contributed by atoms with Crippen molar-refractivity contribution in [1.29, 1.82) is 0 Å². The molecule has 0 aliphatic carbocycles. The molecular formula is C22H26N2O4S. The van der Waals surface area contributed by atoms with E-state index in [2.05, 4.69) is 6.07 Å². The highest BCUT2D eigenvalue weighted by molar-refractivity contribution is 7.89. The van der Waals surface area contributed by atoms with Gasteiger partial charge in [-0.05, 0) is 41.7 Å². The molecule has 4 rings (SSSR count). The first-order chi connectivity index (χ1) is 14.0. The molecule has 6 nitrogen and oxygen atoms in total. The lowest BCUT2D eigenvalue weighted by Gasteiger charge is -2.30. The van der Waals surface area contributed by atoms with E-state index in [1.165, 1.54) is 9.87 Å². The molecule has 0 bridgehead atoms. The van der Waals surface area contributed by atoms with Crippen molar-refractivity contribution in [2.75, 3.05) is 32.8 Å². The molecule has 154 valence electrons. The molecule has 2 aromatic rings. The Morgan fingerprint density at radius 3 is 2.48 bits per heavy atom. The van der Waals surface area contributed by atoms with Gasteiger partial charge in [-0.15, -0.1) is 0 Å². The number of carbonyl (C=O) groups excluding carboxylic acids is 1. The largest absolute Gasteiger partial charge is 0.379 e. The van der Waals surface area contributed by atoms with Crippen molar-refractivity contribution < 1.29 is 17.9 Å². The Morgan fingerprint density at radius 2 is 1.76 bits per heavy atom. The summed E-state index contributed by atoms with van der Waals surface area (Å²) in [4.78, 5) is 15.2. The van der Waals surface area contributed by atoms with E-state index in [1.54, 1.807) is 23.1 Å². The number of benzene rings is 2. The summed E-state index contributed by atoms with van der Waals surface area (Å²) >= 11 is 0. The van der Waals surface area contributed by atoms with Gasteiger partial charge in [-0.25, -0.2) is 8.42 Å². The number of ether oxygens (including phenoxy) is 1. The van der Waals surface area contributed by atoms with Gasteiger partial charge >= 0.3 is 0 Å². The maximum Gasteiger partial charge on any atom is 0.254 e. The molecule has 0 N–H and O–H groups in total. The summed E-state index contributed by atoms with van der Waals surface area (Å²) in [7, 11) is -3.66. The number of sulfonamides is 1. The van der Waals surface area contributed by atoms with Crippen LogP contribution in [0.2, 0.25) is 0 Å². The van der Waals surface area contributed by atoms with Gasteiger partial charge in [-0.3, -0.25) is 4.79 Å². The zero-order valence-corrected chi connectivity index (χ0v) is 17.5. The predicted molar refractivity (Wildman–Crippen MR) is 110 cm³/mol. The summed E-state index contributed by atoms with van der Waals surface area (Å²) in [5, 5.41) is 0. The van der Waals surface area contributed by atoms with E-state index in [9.17, 15) is 13.2 Å². The number of nitrogens with zero attached hydrogens (tertiary/aromatic N) is 2. The molecule has 0 atom stereocenters. The van der Waals surface area contributed by atoms with E-state index in [0.29, 0.717) is 51.4 Å². The number of morpholine rings is 1. The fraction of sp³-hybridized carbons (Fsp3) is 0.409. The molecule has 2 aromatic carbocycles. The van der Waals surface area contributed by atoms with Gasteiger partial charge in [0.05, 0.1) is 18.1 Å². The summed E-state index contributed by atoms with van der Waals surface area (Å²) in [6.45, 7) is 4.59. The van der Waals surface area contributed by atoms with Crippen LogP contribution >= 0.6 is 0 Å². The van der Waals surface area contributed by atoms with Gasteiger partial charge in [0.15, 0.2) is 0 Å². The summed E-state index contributed by atoms with van der Waals surface area (Å²) in [5.74, 6) is -0.124. The third kappa shape index (κ3) is 3.95. The van der Waals surface area contributed by atoms with Crippen LogP contribution in [0.3, 0.4) is 0 Å². The number of amides is 1. The Bertz CT molecular complexity index is 1010. The fourth-order valence-electron chi connectivity index (χ4n) is 4.00. The highest BCUT2D eigenvalue weighted by Gasteiger charge is 2.30. The molecule has 1 fully saturated rings. The zero-order chi connectivity index (χ0) is 20.4. The average Bonchev–Trinajstić information content (AvgIpc) is 2.78. The van der Waals surface area contributed by atoms with Gasteiger partial charge in [-0.2, -0.15) is 4.31 Å². The second kappa shape index (κ2) is 8.26. The van der Waals surface area contributed by atoms with Crippen molar-refractivity contribution in [1.82, 2.24) is 9.21 Å². The van der Waals surface area contributed by atoms with Crippen molar-refractivity contribution in [2.24, 2.45) is 0 Å². The lowest BCUT2D eigenvalue weighted by Crippen LogP contribution is -2.41. The molecule has 0 unspecified atom stereocenters. The highest BCUT2D eigenvalue weighted by Crippen LogP contribution is 2.26. The predicted octanol–water partition coefficient (Wildman–Crippen LogP) is 2.47. The van der Waals surface area contributed by atoms with E-state index in [4.69, 9.17) is 4.74 Å². The fourth-order valence-corrected chi connectivity index (χ4v) is 5.73. The van der Waals surface area contributed by atoms with Crippen molar-refractivity contribution >= 4 is 15.9 Å². The normalized spacial score (nSPS) is 17.8. The van der Waals surface area contributed by atoms with Crippen LogP contribution in [-0.2, 0) is 34.1 Å². The molecule has 2 aliphatic rings. The molecule has 0 radical (unpaired) electrons. The number of hydrogen-bond donors (Lipinski definition) is 0. The summed E-state index contributed by atoms with van der Waals surface area (Å²) in [6, 6.07) is 13.2. The first-order valence-electron chi connectivity index (χ1n) is 10.1. The topological polar surface area (TPSA) is 66.9 Å². The first-order valence-corrected chi connectivity index (χ1v) is 11.5. The van der Waals surface area contributed by atoms with Crippen LogP contribution in [0.1, 0.15) is 34.0 Å². The lowest BCUT2D eigenvalue weighted by molar-refractivity contribution is 0.0727. The molecule has 0 aromatic heterocycles. The van der Waals surface area contributed by atoms with Gasteiger partial charge in [0.2, 0.25) is 10.0 Å². The molecule has 7 heteroatoms. The minimum absolute atomic E-state index is 0.124. The molecule has 0 saturated carbocycles. The van der Waals surface area contributed by atoms with Crippen LogP contribution in [0.5, 0.6) is 0 Å². The Kier molecular flexibility index (Phi) is 5.72. The van der Waals surface area contributed by atoms with Crippen LogP contribution < -0.4 is 0 Å². The standard InChI is InChI=1S/C22H26N2O4S/c1-2-17-7-8-19(15-21(17)29(26,27)24-11-13-28-14-12-24)22(25)23-10-9-18-5-3-4-6-20(18)16-23/h3-8,15H,2,9-14,16H2,1H3. The monoisotopic (exact) mass is 414 g/mol.